The maximum Gasteiger partial charge on any atom is 0.0653 e. The van der Waals surface area contributed by atoms with Crippen LogP contribution in [0.25, 0.3) is 0 Å². The molecule has 3 atom stereocenters. The molecule has 3 fully saturated rings. The second kappa shape index (κ2) is 1.82. The van der Waals surface area contributed by atoms with Crippen LogP contribution in [0.2, 0.25) is 0 Å². The molecule has 3 aliphatic rings. The number of hydrogen-bond acceptors (Lipinski definition) is 1. The zero-order valence-electron chi connectivity index (χ0n) is 7.72. The normalized spacial score (nSPS) is 53.5. The van der Waals surface area contributed by atoms with Crippen LogP contribution in [0.5, 0.6) is 0 Å². The number of aliphatic hydroxyl groups is 1. The van der Waals surface area contributed by atoms with Crippen molar-refractivity contribution in [3.8, 4) is 0 Å². The first-order chi connectivity index (χ1) is 4.94. The average Bonchev–Trinajstić information content (AvgIpc) is 1.84. The van der Waals surface area contributed by atoms with E-state index in [-0.39, 0.29) is 5.60 Å². The second-order valence-corrected chi connectivity index (χ2v) is 5.20. The van der Waals surface area contributed by atoms with Crippen LogP contribution in [0.3, 0.4) is 0 Å². The molecule has 0 spiro atoms. The molecule has 3 saturated carbocycles. The van der Waals surface area contributed by atoms with Gasteiger partial charge in [-0.2, -0.15) is 0 Å². The molecule has 0 aromatic rings. The van der Waals surface area contributed by atoms with Crippen molar-refractivity contribution in [3.63, 3.8) is 0 Å². The smallest absolute Gasteiger partial charge is 0.0653 e. The first kappa shape index (κ1) is 7.60. The predicted molar refractivity (Wildman–Crippen MR) is 45.2 cm³/mol. The number of fused-ring (bicyclic) bond motifs is 2. The molecule has 64 valence electrons. The van der Waals surface area contributed by atoms with E-state index >= 15 is 0 Å². The lowest BCUT2D eigenvalue weighted by Gasteiger charge is -2.62. The van der Waals surface area contributed by atoms with Gasteiger partial charge in [-0.05, 0) is 43.4 Å². The van der Waals surface area contributed by atoms with Crippen LogP contribution in [0.1, 0.15) is 40.0 Å². The van der Waals surface area contributed by atoms with Crippen molar-refractivity contribution < 1.29 is 5.11 Å². The van der Waals surface area contributed by atoms with E-state index in [1.807, 2.05) is 6.92 Å². The van der Waals surface area contributed by atoms with Gasteiger partial charge in [-0.3, -0.25) is 0 Å². The maximum absolute atomic E-state index is 10.0. The van der Waals surface area contributed by atoms with Crippen molar-refractivity contribution >= 4 is 0 Å². The third-order valence-corrected chi connectivity index (χ3v) is 4.22. The van der Waals surface area contributed by atoms with Crippen LogP contribution in [0.4, 0.5) is 0 Å². The van der Waals surface area contributed by atoms with Gasteiger partial charge >= 0.3 is 0 Å². The van der Waals surface area contributed by atoms with Crippen LogP contribution in [-0.4, -0.2) is 10.7 Å². The Hall–Kier alpha value is -0.0400. The summed E-state index contributed by atoms with van der Waals surface area (Å²) >= 11 is 0. The molecular formula is C10H18O. The zero-order chi connectivity index (χ0) is 8.28. The highest BCUT2D eigenvalue weighted by Gasteiger charge is 2.58. The van der Waals surface area contributed by atoms with Gasteiger partial charge in [-0.25, -0.2) is 0 Å². The van der Waals surface area contributed by atoms with Gasteiger partial charge in [0.2, 0.25) is 0 Å². The van der Waals surface area contributed by atoms with Crippen LogP contribution in [0, 0.1) is 17.3 Å². The van der Waals surface area contributed by atoms with E-state index in [1.54, 1.807) is 0 Å². The predicted octanol–water partition coefficient (Wildman–Crippen LogP) is 2.19. The summed E-state index contributed by atoms with van der Waals surface area (Å²) in [6.07, 6.45) is 3.52. The summed E-state index contributed by atoms with van der Waals surface area (Å²) in [5.41, 5.74) is 0.0556. The average molecular weight is 154 g/mol. The fourth-order valence-corrected chi connectivity index (χ4v) is 3.20. The topological polar surface area (TPSA) is 20.2 Å². The fourth-order valence-electron chi connectivity index (χ4n) is 3.20. The Morgan fingerprint density at radius 1 is 1.27 bits per heavy atom. The molecule has 0 aromatic carbocycles. The van der Waals surface area contributed by atoms with E-state index in [0.29, 0.717) is 11.3 Å². The monoisotopic (exact) mass is 154 g/mol. The minimum atomic E-state index is -0.363. The van der Waals surface area contributed by atoms with Crippen molar-refractivity contribution in [2.75, 3.05) is 0 Å². The summed E-state index contributed by atoms with van der Waals surface area (Å²) < 4.78 is 0. The van der Waals surface area contributed by atoms with Crippen molar-refractivity contribution in [2.45, 2.75) is 45.6 Å². The van der Waals surface area contributed by atoms with Gasteiger partial charge in [0, 0.05) is 0 Å². The lowest BCUT2D eigenvalue weighted by atomic mass is 9.44. The zero-order valence-corrected chi connectivity index (χ0v) is 7.72. The summed E-state index contributed by atoms with van der Waals surface area (Å²) in [6, 6.07) is 0. The SMILES string of the molecule is CC1(C)[C@@H]2CC[C@](C)(O)[C@H]1C2. The molecule has 3 aliphatic carbocycles. The van der Waals surface area contributed by atoms with Crippen LogP contribution >= 0.6 is 0 Å². The second-order valence-electron chi connectivity index (χ2n) is 5.20. The fraction of sp³-hybridized carbons (Fsp3) is 1.00. The largest absolute Gasteiger partial charge is 0.390 e. The molecule has 0 radical (unpaired) electrons. The molecule has 0 aliphatic heterocycles. The molecule has 0 unspecified atom stereocenters. The molecular weight excluding hydrogens is 136 g/mol. The van der Waals surface area contributed by atoms with Gasteiger partial charge in [-0.1, -0.05) is 13.8 Å². The van der Waals surface area contributed by atoms with E-state index in [9.17, 15) is 5.11 Å². The number of hydrogen-bond donors (Lipinski definition) is 1. The minimum absolute atomic E-state index is 0.363. The Bertz CT molecular complexity index is 171. The Labute approximate surface area is 68.8 Å². The summed E-state index contributed by atoms with van der Waals surface area (Å²) in [5, 5.41) is 10.0. The first-order valence-corrected chi connectivity index (χ1v) is 4.67. The summed E-state index contributed by atoms with van der Waals surface area (Å²) in [5.74, 6) is 1.46. The van der Waals surface area contributed by atoms with Gasteiger partial charge in [0.1, 0.15) is 0 Å². The maximum atomic E-state index is 10.0. The van der Waals surface area contributed by atoms with E-state index in [0.717, 1.165) is 12.3 Å². The molecule has 1 N–H and O–H groups in total. The Morgan fingerprint density at radius 3 is 2.18 bits per heavy atom. The van der Waals surface area contributed by atoms with Crippen molar-refractivity contribution in [1.29, 1.82) is 0 Å². The lowest BCUT2D eigenvalue weighted by molar-refractivity contribution is -0.192. The van der Waals surface area contributed by atoms with E-state index < -0.39 is 0 Å². The lowest BCUT2D eigenvalue weighted by Crippen LogP contribution is -2.60. The van der Waals surface area contributed by atoms with Crippen molar-refractivity contribution in [3.05, 3.63) is 0 Å². The highest BCUT2D eigenvalue weighted by Crippen LogP contribution is 2.62. The van der Waals surface area contributed by atoms with Crippen molar-refractivity contribution in [1.82, 2.24) is 0 Å². The van der Waals surface area contributed by atoms with Crippen LogP contribution in [0.15, 0.2) is 0 Å². The van der Waals surface area contributed by atoms with E-state index in [2.05, 4.69) is 13.8 Å². The summed E-state index contributed by atoms with van der Waals surface area (Å²) in [4.78, 5) is 0. The molecule has 1 heteroatoms. The quantitative estimate of drug-likeness (QED) is 0.567. The van der Waals surface area contributed by atoms with E-state index in [1.165, 1.54) is 12.8 Å². The Balaban J connectivity index is 2.23. The van der Waals surface area contributed by atoms with Gasteiger partial charge in [0.25, 0.3) is 0 Å². The third-order valence-electron chi connectivity index (χ3n) is 4.22. The standard InChI is InChI=1S/C10H18O/c1-9(2)7-4-5-10(3,11)8(9)6-7/h7-8,11H,4-6H2,1-3H3/t7-,8+,10+/m1/s1. The first-order valence-electron chi connectivity index (χ1n) is 4.67. The highest BCUT2D eigenvalue weighted by atomic mass is 16.3. The third kappa shape index (κ3) is 0.807. The minimum Gasteiger partial charge on any atom is -0.390 e. The van der Waals surface area contributed by atoms with Gasteiger partial charge in [0.05, 0.1) is 5.60 Å². The van der Waals surface area contributed by atoms with E-state index in [4.69, 9.17) is 0 Å². The molecule has 2 bridgehead atoms. The summed E-state index contributed by atoms with van der Waals surface area (Å²) in [6.45, 7) is 6.62. The molecule has 0 saturated heterocycles. The molecule has 0 heterocycles. The molecule has 3 rings (SSSR count). The molecule has 11 heavy (non-hydrogen) atoms. The van der Waals surface area contributed by atoms with Gasteiger partial charge < -0.3 is 5.11 Å². The molecule has 0 amide bonds. The summed E-state index contributed by atoms with van der Waals surface area (Å²) in [7, 11) is 0. The van der Waals surface area contributed by atoms with Gasteiger partial charge in [0.15, 0.2) is 0 Å². The number of rotatable bonds is 0. The molecule has 0 aromatic heterocycles. The van der Waals surface area contributed by atoms with Crippen LogP contribution in [-0.2, 0) is 0 Å². The van der Waals surface area contributed by atoms with Crippen molar-refractivity contribution in [2.24, 2.45) is 17.3 Å². The van der Waals surface area contributed by atoms with Crippen LogP contribution < -0.4 is 0 Å². The Kier molecular flexibility index (Phi) is 1.26. The molecule has 1 nitrogen and oxygen atoms in total. The highest BCUT2D eigenvalue weighted by molar-refractivity contribution is 5.08. The Morgan fingerprint density at radius 2 is 1.91 bits per heavy atom. The van der Waals surface area contributed by atoms with Gasteiger partial charge in [-0.15, -0.1) is 0 Å².